The molecule has 0 saturated carbocycles. The van der Waals surface area contributed by atoms with Crippen LogP contribution in [0.3, 0.4) is 0 Å². The van der Waals surface area contributed by atoms with Crippen molar-refractivity contribution in [2.24, 2.45) is 5.73 Å². The quantitative estimate of drug-likeness (QED) is 0.234. The van der Waals surface area contributed by atoms with Gasteiger partial charge in [0.05, 0.1) is 54.6 Å². The standard InChI is InChI=1S/C20H25ClN2O5.C6H6O3S/c1-4-28-20(25)18-15(11-27-10-9-22)23-12(2)16(19(24)26-3)17(18)13-7-5-6-8-14(13)21;7-10(8,9)6-4-2-1-3-5-6/h5-8,17,23H,4,9-11,22H2,1-3H3;1-5H,(H,7,8,9)/t17-;/m0./s1. The molecule has 1 aliphatic heterocycles. The van der Waals surface area contributed by atoms with Gasteiger partial charge < -0.3 is 25.3 Å². The average molecular weight is 567 g/mol. The third-order valence-corrected chi connectivity index (χ3v) is 6.52. The van der Waals surface area contributed by atoms with Crippen LogP contribution >= 0.6 is 11.6 Å². The highest BCUT2D eigenvalue weighted by Gasteiger charge is 2.39. The lowest BCUT2D eigenvalue weighted by Gasteiger charge is -2.31. The maximum atomic E-state index is 12.9. The minimum absolute atomic E-state index is 0.0741. The van der Waals surface area contributed by atoms with Gasteiger partial charge >= 0.3 is 11.9 Å². The van der Waals surface area contributed by atoms with E-state index in [1.807, 2.05) is 0 Å². The van der Waals surface area contributed by atoms with Crippen molar-refractivity contribution in [2.75, 3.05) is 33.5 Å². The van der Waals surface area contributed by atoms with Crippen molar-refractivity contribution in [2.45, 2.75) is 24.7 Å². The highest BCUT2D eigenvalue weighted by Crippen LogP contribution is 2.41. The first-order chi connectivity index (χ1) is 18.1. The molecule has 0 radical (unpaired) electrons. The summed E-state index contributed by atoms with van der Waals surface area (Å²) in [5.74, 6) is -1.86. The molecular weight excluding hydrogens is 536 g/mol. The van der Waals surface area contributed by atoms with Crippen LogP contribution in [0.5, 0.6) is 0 Å². The fourth-order valence-electron chi connectivity index (χ4n) is 3.71. The van der Waals surface area contributed by atoms with Gasteiger partial charge in [-0.1, -0.05) is 48.0 Å². The number of nitrogens with two attached hydrogens (primary N) is 1. The first-order valence-electron chi connectivity index (χ1n) is 11.6. The number of hydrogen-bond acceptors (Lipinski definition) is 9. The van der Waals surface area contributed by atoms with Crippen molar-refractivity contribution in [1.29, 1.82) is 0 Å². The Morgan fingerprint density at radius 3 is 2.21 bits per heavy atom. The number of nitrogens with one attached hydrogen (secondary N) is 1. The number of dihydropyridines is 1. The maximum Gasteiger partial charge on any atom is 0.336 e. The smallest absolute Gasteiger partial charge is 0.336 e. The van der Waals surface area contributed by atoms with Crippen LogP contribution in [0.2, 0.25) is 5.02 Å². The van der Waals surface area contributed by atoms with Gasteiger partial charge in [-0.2, -0.15) is 8.42 Å². The monoisotopic (exact) mass is 566 g/mol. The second-order valence-corrected chi connectivity index (χ2v) is 9.68. The van der Waals surface area contributed by atoms with E-state index in [-0.39, 0.29) is 23.7 Å². The second-order valence-electron chi connectivity index (χ2n) is 7.85. The molecule has 1 heterocycles. The molecule has 0 unspecified atom stereocenters. The first-order valence-corrected chi connectivity index (χ1v) is 13.4. The van der Waals surface area contributed by atoms with Crippen molar-refractivity contribution in [3.8, 4) is 0 Å². The summed E-state index contributed by atoms with van der Waals surface area (Å²) in [6.45, 7) is 4.42. The summed E-state index contributed by atoms with van der Waals surface area (Å²) in [5, 5.41) is 3.52. The Balaban J connectivity index is 0.000000423. The molecule has 1 atom stereocenters. The van der Waals surface area contributed by atoms with Gasteiger partial charge in [0.25, 0.3) is 10.1 Å². The molecule has 0 aromatic heterocycles. The summed E-state index contributed by atoms with van der Waals surface area (Å²) in [6, 6.07) is 14.5. The van der Waals surface area contributed by atoms with Gasteiger partial charge in [-0.15, -0.1) is 0 Å². The Kier molecular flexibility index (Phi) is 11.9. The van der Waals surface area contributed by atoms with Gasteiger partial charge in [-0.25, -0.2) is 9.59 Å². The molecule has 38 heavy (non-hydrogen) atoms. The third kappa shape index (κ3) is 8.14. The number of halogens is 1. The Hall–Kier alpha value is -3.22. The SMILES string of the molecule is CCOC(=O)C1=C(COCCN)NC(C)=C(C(=O)OC)[C@@H]1c1ccccc1Cl.O=S(=O)(O)c1ccccc1. The molecule has 2 aromatic rings. The molecule has 0 amide bonds. The van der Waals surface area contributed by atoms with Gasteiger partial charge in [-0.05, 0) is 37.6 Å². The zero-order valence-corrected chi connectivity index (χ0v) is 22.8. The van der Waals surface area contributed by atoms with Crippen LogP contribution in [0.15, 0.2) is 82.0 Å². The first kappa shape index (κ1) is 31.0. The third-order valence-electron chi connectivity index (χ3n) is 5.31. The van der Waals surface area contributed by atoms with E-state index in [4.69, 9.17) is 36.1 Å². The molecule has 3 rings (SSSR count). The zero-order chi connectivity index (χ0) is 28.3. The number of carbonyl (C=O) groups excluding carboxylic acids is 2. The number of hydrogen-bond donors (Lipinski definition) is 3. The summed E-state index contributed by atoms with van der Waals surface area (Å²) in [5.41, 5.74) is 7.70. The summed E-state index contributed by atoms with van der Waals surface area (Å²) >= 11 is 6.42. The van der Waals surface area contributed by atoms with Gasteiger partial charge in [0, 0.05) is 17.3 Å². The number of ether oxygens (including phenoxy) is 3. The van der Waals surface area contributed by atoms with Crippen LogP contribution in [0.1, 0.15) is 25.3 Å². The van der Waals surface area contributed by atoms with E-state index in [1.54, 1.807) is 56.3 Å². The van der Waals surface area contributed by atoms with E-state index >= 15 is 0 Å². The Morgan fingerprint density at radius 1 is 1.05 bits per heavy atom. The molecule has 4 N–H and O–H groups in total. The predicted octanol–water partition coefficient (Wildman–Crippen LogP) is 3.20. The van der Waals surface area contributed by atoms with E-state index in [0.29, 0.717) is 40.7 Å². The maximum absolute atomic E-state index is 12.9. The summed E-state index contributed by atoms with van der Waals surface area (Å²) < 4.78 is 45.0. The van der Waals surface area contributed by atoms with Crippen LogP contribution in [0, 0.1) is 0 Å². The summed E-state index contributed by atoms with van der Waals surface area (Å²) in [6.07, 6.45) is 0. The lowest BCUT2D eigenvalue weighted by atomic mass is 9.80. The Bertz CT molecular complexity index is 1290. The van der Waals surface area contributed by atoms with Gasteiger partial charge in [0.15, 0.2) is 0 Å². The van der Waals surface area contributed by atoms with E-state index in [1.165, 1.54) is 19.2 Å². The predicted molar refractivity (Wildman–Crippen MR) is 142 cm³/mol. The molecule has 206 valence electrons. The largest absolute Gasteiger partial charge is 0.466 e. The summed E-state index contributed by atoms with van der Waals surface area (Å²) in [7, 11) is -2.71. The topological polar surface area (TPSA) is 154 Å². The minimum atomic E-state index is -4.00. The number of carbonyl (C=O) groups is 2. The van der Waals surface area contributed by atoms with Crippen molar-refractivity contribution in [1.82, 2.24) is 5.32 Å². The molecule has 0 fully saturated rings. The Labute approximate surface area is 227 Å². The van der Waals surface area contributed by atoms with Gasteiger partial charge in [-0.3, -0.25) is 4.55 Å². The Morgan fingerprint density at radius 2 is 1.68 bits per heavy atom. The van der Waals surface area contributed by atoms with Crippen molar-refractivity contribution in [3.63, 3.8) is 0 Å². The fourth-order valence-corrected chi connectivity index (χ4v) is 4.46. The van der Waals surface area contributed by atoms with E-state index in [2.05, 4.69) is 5.32 Å². The molecule has 0 aliphatic carbocycles. The van der Waals surface area contributed by atoms with Crippen molar-refractivity contribution in [3.05, 3.63) is 87.7 Å². The molecule has 0 bridgehead atoms. The van der Waals surface area contributed by atoms with E-state index in [0.717, 1.165) is 0 Å². The molecular formula is C26H31ClN2O8S. The number of esters is 2. The van der Waals surface area contributed by atoms with E-state index in [9.17, 15) is 18.0 Å². The minimum Gasteiger partial charge on any atom is -0.466 e. The van der Waals surface area contributed by atoms with Crippen LogP contribution < -0.4 is 11.1 Å². The molecule has 2 aromatic carbocycles. The van der Waals surface area contributed by atoms with Crippen molar-refractivity contribution >= 4 is 33.7 Å². The molecule has 0 saturated heterocycles. The highest BCUT2D eigenvalue weighted by atomic mass is 35.5. The number of methoxy groups -OCH3 is 1. The molecule has 1 aliphatic rings. The van der Waals surface area contributed by atoms with Crippen LogP contribution in [0.25, 0.3) is 0 Å². The normalized spacial score (nSPS) is 15.3. The summed E-state index contributed by atoms with van der Waals surface area (Å²) in [4.78, 5) is 25.4. The number of benzene rings is 2. The van der Waals surface area contributed by atoms with Crippen LogP contribution in [0.4, 0.5) is 0 Å². The lowest BCUT2D eigenvalue weighted by molar-refractivity contribution is -0.139. The highest BCUT2D eigenvalue weighted by molar-refractivity contribution is 7.85. The fraction of sp³-hybridized carbons (Fsp3) is 0.308. The second kappa shape index (κ2) is 14.6. The number of allylic oxidation sites excluding steroid dienone is 1. The van der Waals surface area contributed by atoms with Gasteiger partial charge in [0.1, 0.15) is 0 Å². The average Bonchev–Trinajstić information content (AvgIpc) is 2.89. The van der Waals surface area contributed by atoms with Crippen molar-refractivity contribution < 1.29 is 36.8 Å². The number of rotatable bonds is 9. The van der Waals surface area contributed by atoms with E-state index < -0.39 is 28.0 Å². The lowest BCUT2D eigenvalue weighted by Crippen LogP contribution is -2.35. The molecule has 0 spiro atoms. The van der Waals surface area contributed by atoms with Crippen LogP contribution in [-0.4, -0.2) is 58.4 Å². The molecule has 10 nitrogen and oxygen atoms in total. The zero-order valence-electron chi connectivity index (χ0n) is 21.3. The van der Waals surface area contributed by atoms with Crippen LogP contribution in [-0.2, 0) is 33.9 Å². The van der Waals surface area contributed by atoms with Gasteiger partial charge in [0.2, 0.25) is 0 Å². The molecule has 12 heteroatoms.